The molecule has 2 heterocycles. The summed E-state index contributed by atoms with van der Waals surface area (Å²) in [6.45, 7) is 4.76. The van der Waals surface area contributed by atoms with E-state index in [4.69, 9.17) is 9.47 Å². The molecule has 168 valence electrons. The molecule has 1 aromatic heterocycles. The Morgan fingerprint density at radius 1 is 1.06 bits per heavy atom. The molecule has 0 aliphatic carbocycles. The zero-order valence-corrected chi connectivity index (χ0v) is 19.4. The van der Waals surface area contributed by atoms with E-state index in [0.717, 1.165) is 4.88 Å². The first kappa shape index (κ1) is 22.3. The zero-order chi connectivity index (χ0) is 22.7. The van der Waals surface area contributed by atoms with Crippen molar-refractivity contribution in [2.75, 3.05) is 18.1 Å². The fraction of sp³-hybridized carbons (Fsp3) is 0.261. The summed E-state index contributed by atoms with van der Waals surface area (Å²) in [7, 11) is -3.72. The third-order valence-electron chi connectivity index (χ3n) is 4.76. The molecule has 1 N–H and O–H groups in total. The van der Waals surface area contributed by atoms with Crippen LogP contribution in [0.25, 0.3) is 0 Å². The Morgan fingerprint density at radius 3 is 2.56 bits per heavy atom. The molecule has 0 saturated carbocycles. The van der Waals surface area contributed by atoms with Crippen molar-refractivity contribution in [1.29, 1.82) is 0 Å². The Labute approximate surface area is 191 Å². The Hall–Kier alpha value is -2.88. The highest BCUT2D eigenvalue weighted by Crippen LogP contribution is 2.35. The molecule has 0 atom stereocenters. The number of anilines is 1. The molecule has 2 aromatic carbocycles. The van der Waals surface area contributed by atoms with Crippen LogP contribution in [0, 0.1) is 0 Å². The van der Waals surface area contributed by atoms with E-state index in [9.17, 15) is 13.2 Å². The summed E-state index contributed by atoms with van der Waals surface area (Å²) in [6.07, 6.45) is 0. The molecule has 3 aromatic rings. The van der Waals surface area contributed by atoms with Crippen LogP contribution in [0.3, 0.4) is 0 Å². The summed E-state index contributed by atoms with van der Waals surface area (Å²) in [4.78, 5) is 16.3. The van der Waals surface area contributed by atoms with Gasteiger partial charge in [0.25, 0.3) is 5.91 Å². The lowest BCUT2D eigenvalue weighted by Crippen LogP contribution is -2.32. The van der Waals surface area contributed by atoms with E-state index in [0.29, 0.717) is 36.9 Å². The lowest BCUT2D eigenvalue weighted by atomic mass is 10.1. The zero-order valence-electron chi connectivity index (χ0n) is 17.8. The average Bonchev–Trinajstić information content (AvgIpc) is 3.29. The van der Waals surface area contributed by atoms with Gasteiger partial charge in [-0.3, -0.25) is 4.79 Å². The number of sulfonamides is 1. The summed E-state index contributed by atoms with van der Waals surface area (Å²) in [6, 6.07) is 15.1. The van der Waals surface area contributed by atoms with E-state index < -0.39 is 10.0 Å². The van der Waals surface area contributed by atoms with Crippen LogP contribution in [-0.2, 0) is 16.6 Å². The van der Waals surface area contributed by atoms with Crippen LogP contribution < -0.4 is 19.1 Å². The number of nitrogens with zero attached hydrogens (tertiary/aromatic N) is 1. The first-order valence-electron chi connectivity index (χ1n) is 10.2. The molecule has 0 spiro atoms. The molecule has 7 nitrogen and oxygen atoms in total. The third-order valence-corrected chi connectivity index (χ3v) is 7.28. The molecule has 1 aliphatic heterocycles. The SMILES string of the molecule is CC(C)NS(=O)(=O)c1cccc(C(=O)N(Cc2cccs2)c2ccc3c(c2)OCCO3)c1. The van der Waals surface area contributed by atoms with Gasteiger partial charge in [-0.15, -0.1) is 11.3 Å². The molecule has 9 heteroatoms. The summed E-state index contributed by atoms with van der Waals surface area (Å²) < 4.78 is 39.1. The quantitative estimate of drug-likeness (QED) is 0.561. The van der Waals surface area contributed by atoms with E-state index in [2.05, 4.69) is 4.72 Å². The molecule has 1 amide bonds. The number of carbonyl (C=O) groups is 1. The van der Waals surface area contributed by atoms with Gasteiger partial charge >= 0.3 is 0 Å². The third kappa shape index (κ3) is 4.95. The molecular weight excluding hydrogens is 448 g/mol. The van der Waals surface area contributed by atoms with Crippen LogP contribution >= 0.6 is 11.3 Å². The maximum absolute atomic E-state index is 13.6. The van der Waals surface area contributed by atoms with E-state index in [1.165, 1.54) is 12.1 Å². The number of rotatable bonds is 7. The molecule has 0 unspecified atom stereocenters. The topological polar surface area (TPSA) is 84.9 Å². The summed E-state index contributed by atoms with van der Waals surface area (Å²) >= 11 is 1.55. The van der Waals surface area contributed by atoms with Crippen LogP contribution in [0.1, 0.15) is 29.1 Å². The summed E-state index contributed by atoms with van der Waals surface area (Å²) in [5, 5.41) is 1.95. The minimum absolute atomic E-state index is 0.0512. The molecule has 0 radical (unpaired) electrons. The van der Waals surface area contributed by atoms with Crippen molar-refractivity contribution in [2.45, 2.75) is 31.3 Å². The second kappa shape index (κ2) is 9.32. The van der Waals surface area contributed by atoms with E-state index >= 15 is 0 Å². The smallest absolute Gasteiger partial charge is 0.258 e. The number of benzene rings is 2. The number of nitrogens with one attached hydrogen (secondary N) is 1. The van der Waals surface area contributed by atoms with Crippen molar-refractivity contribution in [3.8, 4) is 11.5 Å². The first-order chi connectivity index (χ1) is 15.3. The van der Waals surface area contributed by atoms with Crippen molar-refractivity contribution < 1.29 is 22.7 Å². The Bertz CT molecular complexity index is 1210. The summed E-state index contributed by atoms with van der Waals surface area (Å²) in [5.74, 6) is 0.906. The maximum Gasteiger partial charge on any atom is 0.258 e. The molecule has 0 saturated heterocycles. The first-order valence-corrected chi connectivity index (χ1v) is 12.6. The molecule has 0 fully saturated rings. The molecule has 4 rings (SSSR count). The fourth-order valence-electron chi connectivity index (χ4n) is 3.37. The van der Waals surface area contributed by atoms with E-state index in [1.54, 1.807) is 60.4 Å². The van der Waals surface area contributed by atoms with Gasteiger partial charge in [0.1, 0.15) is 13.2 Å². The van der Waals surface area contributed by atoms with Gasteiger partial charge in [-0.2, -0.15) is 0 Å². The Morgan fingerprint density at radius 2 is 1.84 bits per heavy atom. The lowest BCUT2D eigenvalue weighted by molar-refractivity contribution is 0.0985. The van der Waals surface area contributed by atoms with Gasteiger partial charge in [-0.1, -0.05) is 12.1 Å². The highest BCUT2D eigenvalue weighted by Gasteiger charge is 2.23. The lowest BCUT2D eigenvalue weighted by Gasteiger charge is -2.25. The van der Waals surface area contributed by atoms with Gasteiger partial charge in [0.15, 0.2) is 11.5 Å². The maximum atomic E-state index is 13.6. The fourth-order valence-corrected chi connectivity index (χ4v) is 5.36. The van der Waals surface area contributed by atoms with Crippen molar-refractivity contribution in [1.82, 2.24) is 4.72 Å². The number of hydrogen-bond donors (Lipinski definition) is 1. The van der Waals surface area contributed by atoms with Gasteiger partial charge < -0.3 is 14.4 Å². The number of ether oxygens (including phenoxy) is 2. The molecular formula is C23H24N2O5S2. The predicted octanol–water partition coefficient (Wildman–Crippen LogP) is 4.05. The average molecular weight is 473 g/mol. The molecule has 32 heavy (non-hydrogen) atoms. The monoisotopic (exact) mass is 472 g/mol. The molecule has 1 aliphatic rings. The Balaban J connectivity index is 1.70. The minimum atomic E-state index is -3.72. The van der Waals surface area contributed by atoms with Crippen molar-refractivity contribution >= 4 is 33.0 Å². The number of carbonyl (C=O) groups excluding carboxylic acids is 1. The van der Waals surface area contributed by atoms with Crippen molar-refractivity contribution in [3.05, 3.63) is 70.4 Å². The highest BCUT2D eigenvalue weighted by atomic mass is 32.2. The van der Waals surface area contributed by atoms with Crippen molar-refractivity contribution in [3.63, 3.8) is 0 Å². The van der Waals surface area contributed by atoms with Crippen LogP contribution in [0.15, 0.2) is 64.9 Å². The Kier molecular flexibility index (Phi) is 6.50. The second-order valence-corrected chi connectivity index (χ2v) is 10.3. The van der Waals surface area contributed by atoms with Crippen LogP contribution in [0.5, 0.6) is 11.5 Å². The standard InChI is InChI=1S/C23H24N2O5S2/c1-16(2)24-32(27,28)20-7-3-5-17(13-20)23(26)25(15-19-6-4-12-31-19)18-8-9-21-22(14-18)30-11-10-29-21/h3-9,12-14,16,24H,10-11,15H2,1-2H3. The van der Waals surface area contributed by atoms with Crippen LogP contribution in [0.2, 0.25) is 0 Å². The minimum Gasteiger partial charge on any atom is -0.486 e. The van der Waals surface area contributed by atoms with Crippen LogP contribution in [0.4, 0.5) is 5.69 Å². The van der Waals surface area contributed by atoms with Gasteiger partial charge in [0, 0.05) is 28.2 Å². The number of hydrogen-bond acceptors (Lipinski definition) is 6. The van der Waals surface area contributed by atoms with Gasteiger partial charge in [0.2, 0.25) is 10.0 Å². The highest BCUT2D eigenvalue weighted by molar-refractivity contribution is 7.89. The summed E-state index contributed by atoms with van der Waals surface area (Å²) in [5.41, 5.74) is 0.921. The number of amides is 1. The van der Waals surface area contributed by atoms with Crippen LogP contribution in [-0.4, -0.2) is 33.6 Å². The van der Waals surface area contributed by atoms with Crippen molar-refractivity contribution in [2.24, 2.45) is 0 Å². The largest absolute Gasteiger partial charge is 0.486 e. The number of thiophene rings is 1. The van der Waals surface area contributed by atoms with E-state index in [1.807, 2.05) is 17.5 Å². The van der Waals surface area contributed by atoms with Gasteiger partial charge in [-0.05, 0) is 55.6 Å². The number of fused-ring (bicyclic) bond motifs is 1. The van der Waals surface area contributed by atoms with E-state index in [-0.39, 0.29) is 22.4 Å². The molecule has 0 bridgehead atoms. The second-order valence-electron chi connectivity index (χ2n) is 7.60. The van der Waals surface area contributed by atoms with Gasteiger partial charge in [-0.25, -0.2) is 13.1 Å². The predicted molar refractivity (Wildman–Crippen MR) is 124 cm³/mol. The van der Waals surface area contributed by atoms with Gasteiger partial charge in [0.05, 0.1) is 11.4 Å². The normalized spacial score (nSPS) is 13.2.